The molecule has 0 amide bonds. The van der Waals surface area contributed by atoms with Gasteiger partial charge in [-0.15, -0.1) is 0 Å². The summed E-state index contributed by atoms with van der Waals surface area (Å²) in [4.78, 5) is 0. The van der Waals surface area contributed by atoms with E-state index in [0.717, 1.165) is 24.0 Å². The van der Waals surface area contributed by atoms with Gasteiger partial charge in [-0.05, 0) is 36.3 Å². The molecule has 1 rings (SSSR count). The Morgan fingerprint density at radius 1 is 1.16 bits per heavy atom. The van der Waals surface area contributed by atoms with Crippen LogP contribution in [0.1, 0.15) is 44.7 Å². The molecule has 0 atom stereocenters. The molecule has 0 aliphatic heterocycles. The van der Waals surface area contributed by atoms with Crippen LogP contribution in [0.15, 0.2) is 24.3 Å². The lowest BCUT2D eigenvalue weighted by atomic mass is 9.91. The Hall–Kier alpha value is -0.870. The van der Waals surface area contributed by atoms with Crippen LogP contribution in [0.25, 0.3) is 0 Å². The number of rotatable bonds is 6. The molecular weight excluding hydrogens is 258 g/mol. The maximum absolute atomic E-state index is 12.0. The summed E-state index contributed by atoms with van der Waals surface area (Å²) in [6, 6.07) is 7.59. The van der Waals surface area contributed by atoms with Gasteiger partial charge in [-0.1, -0.05) is 45.0 Å². The third kappa shape index (κ3) is 6.73. The maximum Gasteiger partial charge on any atom is 0.215 e. The Kier molecular flexibility index (Phi) is 5.56. The fourth-order valence-corrected chi connectivity index (χ4v) is 3.16. The third-order valence-corrected chi connectivity index (χ3v) is 4.37. The molecule has 1 aromatic carbocycles. The molecule has 1 aromatic rings. The lowest BCUT2D eigenvalue weighted by Crippen LogP contribution is -2.27. The summed E-state index contributed by atoms with van der Waals surface area (Å²) < 4.78 is 26.6. The quantitative estimate of drug-likeness (QED) is 0.815. The first-order chi connectivity index (χ1) is 8.70. The molecule has 0 aliphatic carbocycles. The van der Waals surface area contributed by atoms with Gasteiger partial charge in [0, 0.05) is 6.54 Å². The molecule has 0 radical (unpaired) electrons. The van der Waals surface area contributed by atoms with Crippen molar-refractivity contribution in [3.05, 3.63) is 35.4 Å². The highest BCUT2D eigenvalue weighted by Crippen LogP contribution is 2.20. The van der Waals surface area contributed by atoms with Gasteiger partial charge >= 0.3 is 0 Å². The highest BCUT2D eigenvalue weighted by atomic mass is 32.2. The monoisotopic (exact) mass is 283 g/mol. The summed E-state index contributed by atoms with van der Waals surface area (Å²) in [7, 11) is -3.22. The zero-order chi connectivity index (χ0) is 14.5. The Balaban J connectivity index is 2.47. The second-order valence-electron chi connectivity index (χ2n) is 6.24. The first-order valence-corrected chi connectivity index (χ1v) is 8.37. The highest BCUT2D eigenvalue weighted by Gasteiger charge is 2.14. The van der Waals surface area contributed by atoms with Crippen LogP contribution in [0.5, 0.6) is 0 Å². The van der Waals surface area contributed by atoms with Crippen molar-refractivity contribution in [1.29, 1.82) is 0 Å². The summed E-state index contributed by atoms with van der Waals surface area (Å²) in [6.07, 6.45) is 1.89. The van der Waals surface area contributed by atoms with Gasteiger partial charge in [0.1, 0.15) is 0 Å². The van der Waals surface area contributed by atoms with E-state index in [-0.39, 0.29) is 11.2 Å². The summed E-state index contributed by atoms with van der Waals surface area (Å²) in [6.45, 7) is 8.94. The Bertz CT molecular complexity index is 501. The molecule has 0 unspecified atom stereocenters. The van der Waals surface area contributed by atoms with Gasteiger partial charge < -0.3 is 0 Å². The lowest BCUT2D eigenvalue weighted by Gasteiger charge is -2.17. The SMILES string of the molecule is Cc1ccccc1CS(=O)(=O)NCCCC(C)(C)C. The van der Waals surface area contributed by atoms with Gasteiger partial charge in [-0.2, -0.15) is 0 Å². The number of aryl methyl sites for hydroxylation is 1. The van der Waals surface area contributed by atoms with E-state index in [0.29, 0.717) is 6.54 Å². The van der Waals surface area contributed by atoms with Crippen molar-refractivity contribution >= 4 is 10.0 Å². The standard InChI is InChI=1S/C15H25NO2S/c1-13-8-5-6-9-14(13)12-19(17,18)16-11-7-10-15(2,3)4/h5-6,8-9,16H,7,10-12H2,1-4H3. The molecule has 108 valence electrons. The fourth-order valence-electron chi connectivity index (χ4n) is 1.87. The van der Waals surface area contributed by atoms with Crippen LogP contribution in [0.4, 0.5) is 0 Å². The van der Waals surface area contributed by atoms with Gasteiger partial charge in [0.2, 0.25) is 10.0 Å². The van der Waals surface area contributed by atoms with E-state index >= 15 is 0 Å². The molecule has 0 saturated heterocycles. The largest absolute Gasteiger partial charge is 0.215 e. The number of hydrogen-bond donors (Lipinski definition) is 1. The van der Waals surface area contributed by atoms with Crippen LogP contribution in [0, 0.1) is 12.3 Å². The number of benzene rings is 1. The van der Waals surface area contributed by atoms with Crippen molar-refractivity contribution in [2.75, 3.05) is 6.54 Å². The van der Waals surface area contributed by atoms with E-state index in [1.165, 1.54) is 0 Å². The minimum absolute atomic E-state index is 0.0647. The van der Waals surface area contributed by atoms with Crippen molar-refractivity contribution in [1.82, 2.24) is 4.72 Å². The van der Waals surface area contributed by atoms with E-state index in [1.54, 1.807) is 0 Å². The van der Waals surface area contributed by atoms with Gasteiger partial charge in [0.15, 0.2) is 0 Å². The molecule has 1 N–H and O–H groups in total. The molecule has 0 bridgehead atoms. The fraction of sp³-hybridized carbons (Fsp3) is 0.600. The highest BCUT2D eigenvalue weighted by molar-refractivity contribution is 7.88. The smallest absolute Gasteiger partial charge is 0.215 e. The van der Waals surface area contributed by atoms with Gasteiger partial charge in [-0.25, -0.2) is 13.1 Å². The van der Waals surface area contributed by atoms with E-state index in [2.05, 4.69) is 25.5 Å². The van der Waals surface area contributed by atoms with E-state index in [1.807, 2.05) is 31.2 Å². The summed E-state index contributed by atoms with van der Waals surface area (Å²) in [5.41, 5.74) is 2.13. The second-order valence-corrected chi connectivity index (χ2v) is 8.05. The molecule has 4 heteroatoms. The van der Waals surface area contributed by atoms with Crippen LogP contribution >= 0.6 is 0 Å². The molecule has 3 nitrogen and oxygen atoms in total. The zero-order valence-electron chi connectivity index (χ0n) is 12.4. The second kappa shape index (κ2) is 6.53. The van der Waals surface area contributed by atoms with Crippen molar-refractivity contribution in [2.45, 2.75) is 46.3 Å². The molecule has 0 aromatic heterocycles. The molecule has 0 saturated carbocycles. The van der Waals surface area contributed by atoms with Crippen molar-refractivity contribution in [2.24, 2.45) is 5.41 Å². The van der Waals surface area contributed by atoms with E-state index < -0.39 is 10.0 Å². The van der Waals surface area contributed by atoms with E-state index in [9.17, 15) is 8.42 Å². The van der Waals surface area contributed by atoms with Crippen LogP contribution in [0.3, 0.4) is 0 Å². The average molecular weight is 283 g/mol. The minimum Gasteiger partial charge on any atom is -0.215 e. The maximum atomic E-state index is 12.0. The molecular formula is C15H25NO2S. The van der Waals surface area contributed by atoms with Crippen LogP contribution in [-0.4, -0.2) is 15.0 Å². The summed E-state index contributed by atoms with van der Waals surface area (Å²) in [5.74, 6) is 0.0647. The lowest BCUT2D eigenvalue weighted by molar-refractivity contribution is 0.365. The normalized spacial score (nSPS) is 12.6. The van der Waals surface area contributed by atoms with Gasteiger partial charge in [-0.3, -0.25) is 0 Å². The van der Waals surface area contributed by atoms with Crippen LogP contribution in [-0.2, 0) is 15.8 Å². The van der Waals surface area contributed by atoms with Crippen molar-refractivity contribution in [3.8, 4) is 0 Å². The predicted octanol–water partition coefficient (Wildman–Crippen LogP) is 3.24. The van der Waals surface area contributed by atoms with E-state index in [4.69, 9.17) is 0 Å². The Labute approximate surface area is 117 Å². The summed E-state index contributed by atoms with van der Waals surface area (Å²) >= 11 is 0. The number of hydrogen-bond acceptors (Lipinski definition) is 2. The molecule has 0 fully saturated rings. The third-order valence-electron chi connectivity index (χ3n) is 3.03. The number of nitrogens with one attached hydrogen (secondary N) is 1. The molecule has 0 heterocycles. The van der Waals surface area contributed by atoms with Gasteiger partial charge in [0.05, 0.1) is 5.75 Å². The van der Waals surface area contributed by atoms with Gasteiger partial charge in [0.25, 0.3) is 0 Å². The Morgan fingerprint density at radius 2 is 1.79 bits per heavy atom. The first-order valence-electron chi connectivity index (χ1n) is 6.71. The number of sulfonamides is 1. The van der Waals surface area contributed by atoms with Crippen LogP contribution in [0.2, 0.25) is 0 Å². The first kappa shape index (κ1) is 16.2. The Morgan fingerprint density at radius 3 is 2.37 bits per heavy atom. The molecule has 0 spiro atoms. The topological polar surface area (TPSA) is 46.2 Å². The summed E-state index contributed by atoms with van der Waals surface area (Å²) in [5, 5.41) is 0. The molecule has 19 heavy (non-hydrogen) atoms. The van der Waals surface area contributed by atoms with Crippen molar-refractivity contribution in [3.63, 3.8) is 0 Å². The predicted molar refractivity (Wildman–Crippen MR) is 80.5 cm³/mol. The van der Waals surface area contributed by atoms with Crippen LogP contribution < -0.4 is 4.72 Å². The van der Waals surface area contributed by atoms with Crippen molar-refractivity contribution < 1.29 is 8.42 Å². The minimum atomic E-state index is -3.22. The molecule has 0 aliphatic rings. The average Bonchev–Trinajstić information content (AvgIpc) is 2.26. The zero-order valence-corrected chi connectivity index (χ0v) is 13.2.